The summed E-state index contributed by atoms with van der Waals surface area (Å²) in [5.74, 6) is 1.48. The topological polar surface area (TPSA) is 57.2 Å². The summed E-state index contributed by atoms with van der Waals surface area (Å²) in [5.41, 5.74) is 2.25. The lowest BCUT2D eigenvalue weighted by Gasteiger charge is -2.34. The minimum absolute atomic E-state index is 0.522. The van der Waals surface area contributed by atoms with Gasteiger partial charge in [0.25, 0.3) is 0 Å². The molecule has 1 aromatic heterocycles. The van der Waals surface area contributed by atoms with Gasteiger partial charge in [0.15, 0.2) is 5.82 Å². The molecule has 0 saturated carbocycles. The lowest BCUT2D eigenvalue weighted by Crippen LogP contribution is -2.40. The van der Waals surface area contributed by atoms with E-state index in [9.17, 15) is 0 Å². The van der Waals surface area contributed by atoms with Gasteiger partial charge in [0.2, 0.25) is 5.95 Å². The van der Waals surface area contributed by atoms with Crippen molar-refractivity contribution < 1.29 is 0 Å². The van der Waals surface area contributed by atoms with Crippen molar-refractivity contribution in [3.05, 3.63) is 30.5 Å². The summed E-state index contributed by atoms with van der Waals surface area (Å²) < 4.78 is 0. The van der Waals surface area contributed by atoms with Crippen LogP contribution in [0, 0.1) is 0 Å². The number of nitrogens with one attached hydrogen (secondary N) is 1. The third kappa shape index (κ3) is 4.23. The summed E-state index contributed by atoms with van der Waals surface area (Å²) in [7, 11) is 0. The highest BCUT2D eigenvalue weighted by molar-refractivity contribution is 5.61. The highest BCUT2D eigenvalue weighted by Crippen LogP contribution is 2.25. The van der Waals surface area contributed by atoms with Gasteiger partial charge in [-0.2, -0.15) is 10.1 Å². The van der Waals surface area contributed by atoms with Crippen molar-refractivity contribution in [2.75, 3.05) is 34.8 Å². The molecule has 1 aliphatic heterocycles. The predicted octanol–water partition coefficient (Wildman–Crippen LogP) is 4.23. The number of hydrogen-bond acceptors (Lipinski definition) is 6. The Morgan fingerprint density at radius 2 is 1.88 bits per heavy atom. The molecule has 2 heterocycles. The average Bonchev–Trinajstić information content (AvgIpc) is 2.70. The van der Waals surface area contributed by atoms with Crippen LogP contribution in [-0.4, -0.2) is 40.9 Å². The number of aromatic nitrogens is 3. The average molecular weight is 355 g/mol. The zero-order valence-corrected chi connectivity index (χ0v) is 16.1. The van der Waals surface area contributed by atoms with Crippen molar-refractivity contribution in [1.29, 1.82) is 0 Å². The van der Waals surface area contributed by atoms with E-state index in [-0.39, 0.29) is 0 Å². The summed E-state index contributed by atoms with van der Waals surface area (Å²) in [6, 6.07) is 8.98. The first-order valence-corrected chi connectivity index (χ1v) is 9.83. The van der Waals surface area contributed by atoms with Gasteiger partial charge < -0.3 is 15.1 Å². The molecule has 0 aliphatic carbocycles. The van der Waals surface area contributed by atoms with Crippen molar-refractivity contribution in [2.45, 2.75) is 52.5 Å². The smallest absolute Gasteiger partial charge is 0.247 e. The Morgan fingerprint density at radius 1 is 1.12 bits per heavy atom. The van der Waals surface area contributed by atoms with E-state index in [4.69, 9.17) is 4.98 Å². The van der Waals surface area contributed by atoms with Crippen LogP contribution in [0.2, 0.25) is 0 Å². The van der Waals surface area contributed by atoms with Gasteiger partial charge in [-0.25, -0.2) is 0 Å². The van der Waals surface area contributed by atoms with Crippen LogP contribution in [0.5, 0.6) is 0 Å². The van der Waals surface area contributed by atoms with E-state index >= 15 is 0 Å². The van der Waals surface area contributed by atoms with E-state index in [1.165, 1.54) is 24.9 Å². The Morgan fingerprint density at radius 3 is 2.58 bits per heavy atom. The first-order valence-electron chi connectivity index (χ1n) is 9.83. The standard InChI is InChI=1S/C20H30N6/c1-4-17-9-7-8-14-26(17)20-23-19(15-21-24-20)22-16-10-12-18(13-11-16)25(5-2)6-3/h10-13,15,17H,4-9,14H2,1-3H3,(H,22,23,24). The van der Waals surface area contributed by atoms with E-state index in [0.29, 0.717) is 6.04 Å². The Hall–Kier alpha value is -2.37. The van der Waals surface area contributed by atoms with Crippen LogP contribution in [0.15, 0.2) is 30.5 Å². The van der Waals surface area contributed by atoms with Gasteiger partial charge >= 0.3 is 0 Å². The number of nitrogens with zero attached hydrogens (tertiary/aromatic N) is 5. The molecule has 1 saturated heterocycles. The van der Waals surface area contributed by atoms with Crippen LogP contribution in [0.25, 0.3) is 0 Å². The molecule has 140 valence electrons. The Kier molecular flexibility index (Phi) is 6.26. The first-order chi connectivity index (χ1) is 12.7. The maximum absolute atomic E-state index is 4.71. The Labute approximate surface area is 156 Å². The van der Waals surface area contributed by atoms with Crippen molar-refractivity contribution in [2.24, 2.45) is 0 Å². The summed E-state index contributed by atoms with van der Waals surface area (Å²) in [5, 5.41) is 11.8. The zero-order valence-electron chi connectivity index (χ0n) is 16.1. The SMILES string of the molecule is CCC1CCCCN1c1nncc(Nc2ccc(N(CC)CC)cc2)n1. The molecule has 26 heavy (non-hydrogen) atoms. The van der Waals surface area contributed by atoms with Crippen LogP contribution >= 0.6 is 0 Å². The van der Waals surface area contributed by atoms with Crippen molar-refractivity contribution in [3.63, 3.8) is 0 Å². The van der Waals surface area contributed by atoms with Gasteiger partial charge in [0.05, 0.1) is 6.20 Å². The van der Waals surface area contributed by atoms with Crippen molar-refractivity contribution in [1.82, 2.24) is 15.2 Å². The monoisotopic (exact) mass is 354 g/mol. The molecule has 0 spiro atoms. The number of hydrogen-bond donors (Lipinski definition) is 1. The second-order valence-electron chi connectivity index (χ2n) is 6.74. The zero-order chi connectivity index (χ0) is 18.4. The molecule has 1 N–H and O–H groups in total. The first kappa shape index (κ1) is 18.4. The highest BCUT2D eigenvalue weighted by Gasteiger charge is 2.23. The molecule has 1 fully saturated rings. The van der Waals surface area contributed by atoms with Gasteiger partial charge in [0, 0.05) is 37.1 Å². The highest BCUT2D eigenvalue weighted by atomic mass is 15.3. The van der Waals surface area contributed by atoms with Gasteiger partial charge in [-0.15, -0.1) is 5.10 Å². The number of piperidine rings is 1. The van der Waals surface area contributed by atoms with E-state index < -0.39 is 0 Å². The fourth-order valence-electron chi connectivity index (χ4n) is 3.66. The van der Waals surface area contributed by atoms with Crippen LogP contribution in [0.4, 0.5) is 23.1 Å². The van der Waals surface area contributed by atoms with Gasteiger partial charge in [0.1, 0.15) is 0 Å². The normalized spacial score (nSPS) is 17.2. The number of rotatable bonds is 7. The lowest BCUT2D eigenvalue weighted by molar-refractivity contribution is 0.442. The molecule has 0 bridgehead atoms. The largest absolute Gasteiger partial charge is 0.372 e. The maximum atomic E-state index is 4.71. The number of anilines is 4. The fraction of sp³-hybridized carbons (Fsp3) is 0.550. The molecular formula is C20H30N6. The van der Waals surface area contributed by atoms with Gasteiger partial charge in [-0.1, -0.05) is 6.92 Å². The van der Waals surface area contributed by atoms with E-state index in [1.807, 2.05) is 0 Å². The predicted molar refractivity (Wildman–Crippen MR) is 108 cm³/mol. The second kappa shape index (κ2) is 8.83. The molecule has 1 aromatic carbocycles. The molecule has 1 aliphatic rings. The quantitative estimate of drug-likeness (QED) is 0.803. The van der Waals surface area contributed by atoms with E-state index in [0.717, 1.165) is 43.5 Å². The third-order valence-corrected chi connectivity index (χ3v) is 5.17. The molecule has 0 radical (unpaired) electrons. The molecule has 0 amide bonds. The molecule has 3 rings (SSSR count). The summed E-state index contributed by atoms with van der Waals surface area (Å²) in [6.45, 7) is 9.62. The van der Waals surface area contributed by atoms with Crippen LogP contribution in [0.3, 0.4) is 0 Å². The van der Waals surface area contributed by atoms with Crippen molar-refractivity contribution in [3.8, 4) is 0 Å². The summed E-state index contributed by atoms with van der Waals surface area (Å²) >= 11 is 0. The van der Waals surface area contributed by atoms with E-state index in [2.05, 4.69) is 70.4 Å². The molecule has 6 heteroatoms. The Bertz CT molecular complexity index is 683. The van der Waals surface area contributed by atoms with Gasteiger partial charge in [-0.05, 0) is 63.8 Å². The minimum Gasteiger partial charge on any atom is -0.372 e. The van der Waals surface area contributed by atoms with Crippen LogP contribution in [0.1, 0.15) is 46.5 Å². The Balaban J connectivity index is 1.72. The molecule has 2 aromatic rings. The molecule has 6 nitrogen and oxygen atoms in total. The van der Waals surface area contributed by atoms with E-state index in [1.54, 1.807) is 6.20 Å². The van der Waals surface area contributed by atoms with Crippen LogP contribution < -0.4 is 15.1 Å². The van der Waals surface area contributed by atoms with Crippen molar-refractivity contribution >= 4 is 23.1 Å². The lowest BCUT2D eigenvalue weighted by atomic mass is 10.0. The summed E-state index contributed by atoms with van der Waals surface area (Å²) in [6.07, 6.45) is 6.51. The summed E-state index contributed by atoms with van der Waals surface area (Å²) in [4.78, 5) is 9.35. The third-order valence-electron chi connectivity index (χ3n) is 5.17. The van der Waals surface area contributed by atoms with Gasteiger partial charge in [-0.3, -0.25) is 0 Å². The van der Waals surface area contributed by atoms with Crippen LogP contribution in [-0.2, 0) is 0 Å². The number of benzene rings is 1. The molecule has 1 unspecified atom stereocenters. The molecule has 1 atom stereocenters. The molecular weight excluding hydrogens is 324 g/mol. The minimum atomic E-state index is 0.522. The fourth-order valence-corrected chi connectivity index (χ4v) is 3.66. The maximum Gasteiger partial charge on any atom is 0.247 e. The second-order valence-corrected chi connectivity index (χ2v) is 6.74.